The molecular weight excluding hydrogens is 276 g/mol. The van der Waals surface area contributed by atoms with E-state index >= 15 is 0 Å². The van der Waals surface area contributed by atoms with Crippen molar-refractivity contribution in [3.63, 3.8) is 0 Å². The van der Waals surface area contributed by atoms with E-state index in [-0.39, 0.29) is 5.91 Å². The smallest absolute Gasteiger partial charge is 0.275 e. The van der Waals surface area contributed by atoms with E-state index in [0.717, 1.165) is 31.7 Å². The van der Waals surface area contributed by atoms with Gasteiger partial charge in [-0.05, 0) is 12.8 Å². The third-order valence-electron chi connectivity index (χ3n) is 3.43. The van der Waals surface area contributed by atoms with E-state index in [2.05, 4.69) is 15.3 Å². The minimum absolute atomic E-state index is 0.183. The topological polar surface area (TPSA) is 69.0 Å². The lowest BCUT2D eigenvalue weighted by Crippen LogP contribution is -2.16. The maximum absolute atomic E-state index is 12.1. The molecule has 0 bridgehead atoms. The summed E-state index contributed by atoms with van der Waals surface area (Å²) >= 11 is 1.46. The Morgan fingerprint density at radius 3 is 3.00 bits per heavy atom. The van der Waals surface area contributed by atoms with Crippen LogP contribution in [-0.2, 0) is 11.8 Å². The van der Waals surface area contributed by atoms with Gasteiger partial charge >= 0.3 is 0 Å². The van der Waals surface area contributed by atoms with Gasteiger partial charge in [0.25, 0.3) is 5.91 Å². The first-order chi connectivity index (χ1) is 9.74. The van der Waals surface area contributed by atoms with E-state index in [1.807, 2.05) is 5.38 Å². The maximum Gasteiger partial charge on any atom is 0.275 e. The standard InChI is InChI=1S/C13H16N4O2S/c1-17-8-14-6-11(17)12(18)16-13-15-10(7-20-13)9-2-4-19-5-3-9/h6-9H,2-5H2,1H3,(H,15,16,18). The van der Waals surface area contributed by atoms with E-state index in [1.54, 1.807) is 24.1 Å². The molecule has 1 N–H and O–H groups in total. The van der Waals surface area contributed by atoms with Crippen LogP contribution in [0.5, 0.6) is 0 Å². The fraction of sp³-hybridized carbons (Fsp3) is 0.462. The van der Waals surface area contributed by atoms with Crippen LogP contribution in [0.3, 0.4) is 0 Å². The summed E-state index contributed by atoms with van der Waals surface area (Å²) in [7, 11) is 1.79. The zero-order valence-electron chi connectivity index (χ0n) is 11.2. The van der Waals surface area contributed by atoms with Gasteiger partial charge in [-0.2, -0.15) is 0 Å². The highest BCUT2D eigenvalue weighted by Gasteiger charge is 2.19. The van der Waals surface area contributed by atoms with Gasteiger partial charge in [-0.1, -0.05) is 0 Å². The van der Waals surface area contributed by atoms with Gasteiger partial charge in [0.2, 0.25) is 0 Å². The van der Waals surface area contributed by atoms with Crippen molar-refractivity contribution in [3.8, 4) is 0 Å². The van der Waals surface area contributed by atoms with Crippen LogP contribution in [-0.4, -0.2) is 33.7 Å². The molecule has 1 fully saturated rings. The number of hydrogen-bond donors (Lipinski definition) is 1. The molecule has 1 saturated heterocycles. The molecule has 1 amide bonds. The van der Waals surface area contributed by atoms with Crippen LogP contribution in [0.25, 0.3) is 0 Å². The fourth-order valence-electron chi connectivity index (χ4n) is 2.26. The molecular formula is C13H16N4O2S. The zero-order valence-corrected chi connectivity index (χ0v) is 12.0. The van der Waals surface area contributed by atoms with Crippen LogP contribution < -0.4 is 5.32 Å². The monoisotopic (exact) mass is 292 g/mol. The highest BCUT2D eigenvalue weighted by molar-refractivity contribution is 7.14. The Kier molecular flexibility index (Phi) is 3.79. The summed E-state index contributed by atoms with van der Waals surface area (Å²) in [4.78, 5) is 20.5. The number of nitrogens with zero attached hydrogens (tertiary/aromatic N) is 3. The van der Waals surface area contributed by atoms with E-state index in [0.29, 0.717) is 16.7 Å². The van der Waals surface area contributed by atoms with E-state index < -0.39 is 0 Å². The molecule has 0 unspecified atom stereocenters. The van der Waals surface area contributed by atoms with Crippen molar-refractivity contribution in [3.05, 3.63) is 29.3 Å². The molecule has 2 aromatic heterocycles. The van der Waals surface area contributed by atoms with Crippen molar-refractivity contribution in [1.29, 1.82) is 0 Å². The van der Waals surface area contributed by atoms with Gasteiger partial charge in [0.1, 0.15) is 5.69 Å². The van der Waals surface area contributed by atoms with Crippen molar-refractivity contribution < 1.29 is 9.53 Å². The average Bonchev–Trinajstić information content (AvgIpc) is 3.09. The number of imidazole rings is 1. The Bertz CT molecular complexity index is 601. The van der Waals surface area contributed by atoms with Gasteiger partial charge < -0.3 is 9.30 Å². The fourth-order valence-corrected chi connectivity index (χ4v) is 3.05. The molecule has 0 spiro atoms. The number of hydrogen-bond acceptors (Lipinski definition) is 5. The quantitative estimate of drug-likeness (QED) is 0.939. The molecule has 0 aromatic carbocycles. The Balaban J connectivity index is 1.68. The first-order valence-electron chi connectivity index (χ1n) is 6.55. The summed E-state index contributed by atoms with van der Waals surface area (Å²) in [6.07, 6.45) is 5.14. The zero-order chi connectivity index (χ0) is 13.9. The van der Waals surface area contributed by atoms with Gasteiger partial charge in [0, 0.05) is 31.6 Å². The first kappa shape index (κ1) is 13.3. The molecule has 7 heteroatoms. The summed E-state index contributed by atoms with van der Waals surface area (Å²) in [6.45, 7) is 1.58. The summed E-state index contributed by atoms with van der Waals surface area (Å²) in [6, 6.07) is 0. The third-order valence-corrected chi connectivity index (χ3v) is 4.21. The van der Waals surface area contributed by atoms with Crippen molar-refractivity contribution in [1.82, 2.24) is 14.5 Å². The second-order valence-corrected chi connectivity index (χ2v) is 5.67. The predicted molar refractivity (Wildman–Crippen MR) is 76.1 cm³/mol. The number of thiazole rings is 1. The molecule has 3 rings (SSSR count). The van der Waals surface area contributed by atoms with Gasteiger partial charge in [0.05, 0.1) is 18.2 Å². The molecule has 20 heavy (non-hydrogen) atoms. The number of nitrogens with one attached hydrogen (secondary N) is 1. The average molecular weight is 292 g/mol. The lowest BCUT2D eigenvalue weighted by atomic mass is 9.98. The van der Waals surface area contributed by atoms with Gasteiger partial charge in [-0.15, -0.1) is 11.3 Å². The number of rotatable bonds is 3. The maximum atomic E-state index is 12.1. The van der Waals surface area contributed by atoms with E-state index in [1.165, 1.54) is 11.3 Å². The van der Waals surface area contributed by atoms with Gasteiger partial charge in [-0.3, -0.25) is 10.1 Å². The summed E-state index contributed by atoms with van der Waals surface area (Å²) in [5.41, 5.74) is 1.58. The minimum atomic E-state index is -0.183. The van der Waals surface area contributed by atoms with Crippen LogP contribution in [0, 0.1) is 0 Å². The molecule has 0 aliphatic carbocycles. The Labute approximate surface area is 120 Å². The highest BCUT2D eigenvalue weighted by Crippen LogP contribution is 2.29. The Morgan fingerprint density at radius 1 is 1.50 bits per heavy atom. The second-order valence-electron chi connectivity index (χ2n) is 4.81. The summed E-state index contributed by atoms with van der Waals surface area (Å²) in [5.74, 6) is 0.264. The molecule has 0 atom stereocenters. The van der Waals surface area contributed by atoms with Crippen LogP contribution >= 0.6 is 11.3 Å². The number of carbonyl (C=O) groups excluding carboxylic acids is 1. The second kappa shape index (κ2) is 5.72. The molecule has 0 saturated carbocycles. The largest absolute Gasteiger partial charge is 0.381 e. The predicted octanol–water partition coefficient (Wildman–Crippen LogP) is 2.02. The van der Waals surface area contributed by atoms with Gasteiger partial charge in [-0.25, -0.2) is 9.97 Å². The molecule has 6 nitrogen and oxygen atoms in total. The van der Waals surface area contributed by atoms with Crippen molar-refractivity contribution in [2.24, 2.45) is 7.05 Å². The Hall–Kier alpha value is -1.73. The summed E-state index contributed by atoms with van der Waals surface area (Å²) in [5, 5.41) is 5.48. The van der Waals surface area contributed by atoms with E-state index in [4.69, 9.17) is 4.74 Å². The lowest BCUT2D eigenvalue weighted by Gasteiger charge is -2.19. The molecule has 3 heterocycles. The number of amides is 1. The van der Waals surface area contributed by atoms with E-state index in [9.17, 15) is 4.79 Å². The first-order valence-corrected chi connectivity index (χ1v) is 7.43. The van der Waals surface area contributed by atoms with Crippen molar-refractivity contribution >= 4 is 22.4 Å². The van der Waals surface area contributed by atoms with Crippen LogP contribution in [0.1, 0.15) is 34.9 Å². The van der Waals surface area contributed by atoms with Crippen molar-refractivity contribution in [2.45, 2.75) is 18.8 Å². The molecule has 1 aliphatic rings. The Morgan fingerprint density at radius 2 is 2.30 bits per heavy atom. The number of carbonyl (C=O) groups is 1. The number of anilines is 1. The van der Waals surface area contributed by atoms with Crippen molar-refractivity contribution in [2.75, 3.05) is 18.5 Å². The third kappa shape index (κ3) is 2.73. The lowest BCUT2D eigenvalue weighted by molar-refractivity contribution is 0.0846. The van der Waals surface area contributed by atoms with Crippen LogP contribution in [0.15, 0.2) is 17.9 Å². The van der Waals surface area contributed by atoms with Crippen LogP contribution in [0.2, 0.25) is 0 Å². The SMILES string of the molecule is Cn1cncc1C(=O)Nc1nc(C2CCOCC2)cs1. The van der Waals surface area contributed by atoms with Crippen LogP contribution in [0.4, 0.5) is 5.13 Å². The molecule has 2 aromatic rings. The molecule has 106 valence electrons. The molecule has 0 radical (unpaired) electrons. The normalized spacial score (nSPS) is 16.2. The number of aromatic nitrogens is 3. The summed E-state index contributed by atoms with van der Waals surface area (Å²) < 4.78 is 7.03. The molecule has 1 aliphatic heterocycles. The highest BCUT2D eigenvalue weighted by atomic mass is 32.1. The number of ether oxygens (including phenoxy) is 1. The van der Waals surface area contributed by atoms with Gasteiger partial charge in [0.15, 0.2) is 5.13 Å². The minimum Gasteiger partial charge on any atom is -0.381 e. The number of aryl methyl sites for hydroxylation is 1.